The summed E-state index contributed by atoms with van der Waals surface area (Å²) in [5.41, 5.74) is 2.31. The van der Waals surface area contributed by atoms with E-state index in [1.807, 2.05) is 12.1 Å². The van der Waals surface area contributed by atoms with Gasteiger partial charge in [-0.05, 0) is 36.4 Å². The van der Waals surface area contributed by atoms with Gasteiger partial charge in [0.2, 0.25) is 0 Å². The third kappa shape index (κ3) is 4.38. The molecular weight excluding hydrogens is 335 g/mol. The molecule has 7 heteroatoms. The molecule has 1 aromatic carbocycles. The fourth-order valence-corrected chi connectivity index (χ4v) is 2.39. The molecule has 2 heterocycles. The van der Waals surface area contributed by atoms with E-state index >= 15 is 0 Å². The number of methoxy groups -OCH3 is 2. The van der Waals surface area contributed by atoms with E-state index in [9.17, 15) is 4.39 Å². The second-order valence-corrected chi connectivity index (χ2v) is 5.49. The predicted molar refractivity (Wildman–Crippen MR) is 97.0 cm³/mol. The smallest absolute Gasteiger partial charge is 0.173 e. The van der Waals surface area contributed by atoms with Gasteiger partial charge in [-0.25, -0.2) is 14.4 Å². The highest BCUT2D eigenvalue weighted by Gasteiger charge is 2.11. The van der Waals surface area contributed by atoms with Crippen molar-refractivity contribution >= 4 is 5.82 Å². The number of nitrogens with one attached hydrogen (secondary N) is 1. The van der Waals surface area contributed by atoms with Crippen molar-refractivity contribution in [1.29, 1.82) is 0 Å². The Hall–Kier alpha value is -2.90. The van der Waals surface area contributed by atoms with Crippen molar-refractivity contribution in [3.05, 3.63) is 60.7 Å². The molecule has 0 spiro atoms. The second kappa shape index (κ2) is 8.46. The average Bonchev–Trinajstić information content (AvgIpc) is 2.70. The summed E-state index contributed by atoms with van der Waals surface area (Å²) in [6, 6.07) is 11.7. The minimum absolute atomic E-state index is 0.293. The topological polar surface area (TPSA) is 69.2 Å². The summed E-state index contributed by atoms with van der Waals surface area (Å²) in [6.07, 6.45) is 2.97. The molecule has 0 aliphatic carbocycles. The number of hydrogen-bond acceptors (Lipinski definition) is 6. The van der Waals surface area contributed by atoms with Gasteiger partial charge >= 0.3 is 0 Å². The van der Waals surface area contributed by atoms with Crippen LogP contribution in [0.25, 0.3) is 22.6 Å². The van der Waals surface area contributed by atoms with Crippen molar-refractivity contribution < 1.29 is 13.9 Å². The SMILES string of the molecule is COC(CNc1cc(-c2ccc(F)cc2)nc(-c2ccncc2)n1)OC. The van der Waals surface area contributed by atoms with Crippen molar-refractivity contribution in [1.82, 2.24) is 15.0 Å². The fraction of sp³-hybridized carbons (Fsp3) is 0.211. The number of anilines is 1. The van der Waals surface area contributed by atoms with Gasteiger partial charge in [-0.15, -0.1) is 0 Å². The van der Waals surface area contributed by atoms with Crippen LogP contribution in [-0.4, -0.2) is 42.0 Å². The van der Waals surface area contributed by atoms with E-state index in [1.54, 1.807) is 44.8 Å². The van der Waals surface area contributed by atoms with E-state index in [0.29, 0.717) is 23.9 Å². The fourth-order valence-electron chi connectivity index (χ4n) is 2.39. The van der Waals surface area contributed by atoms with Crippen LogP contribution in [-0.2, 0) is 9.47 Å². The molecule has 134 valence electrons. The van der Waals surface area contributed by atoms with E-state index < -0.39 is 6.29 Å². The second-order valence-electron chi connectivity index (χ2n) is 5.49. The van der Waals surface area contributed by atoms with Gasteiger partial charge in [-0.3, -0.25) is 4.98 Å². The van der Waals surface area contributed by atoms with Gasteiger partial charge in [0.1, 0.15) is 11.6 Å². The summed E-state index contributed by atoms with van der Waals surface area (Å²) in [5, 5.41) is 3.19. The van der Waals surface area contributed by atoms with Gasteiger partial charge in [0.15, 0.2) is 12.1 Å². The molecule has 3 rings (SSSR count). The van der Waals surface area contributed by atoms with Crippen molar-refractivity contribution in [3.63, 3.8) is 0 Å². The number of hydrogen-bond donors (Lipinski definition) is 1. The Kier molecular flexibility index (Phi) is 5.83. The molecule has 1 N–H and O–H groups in total. The van der Waals surface area contributed by atoms with Crippen molar-refractivity contribution in [2.24, 2.45) is 0 Å². The summed E-state index contributed by atoms with van der Waals surface area (Å²) >= 11 is 0. The number of pyridine rings is 1. The summed E-state index contributed by atoms with van der Waals surface area (Å²) in [6.45, 7) is 0.419. The quantitative estimate of drug-likeness (QED) is 0.656. The van der Waals surface area contributed by atoms with Gasteiger partial charge in [-0.1, -0.05) is 0 Å². The van der Waals surface area contributed by atoms with E-state index in [1.165, 1.54) is 12.1 Å². The van der Waals surface area contributed by atoms with Gasteiger partial charge in [0.25, 0.3) is 0 Å². The monoisotopic (exact) mass is 354 g/mol. The van der Waals surface area contributed by atoms with Crippen molar-refractivity contribution in [2.45, 2.75) is 6.29 Å². The van der Waals surface area contributed by atoms with Gasteiger partial charge in [0.05, 0.1) is 12.2 Å². The van der Waals surface area contributed by atoms with Crippen LogP contribution >= 0.6 is 0 Å². The molecule has 0 radical (unpaired) electrons. The normalized spacial score (nSPS) is 10.9. The zero-order valence-corrected chi connectivity index (χ0v) is 14.5. The molecule has 0 saturated carbocycles. The maximum absolute atomic E-state index is 13.2. The van der Waals surface area contributed by atoms with Crippen LogP contribution in [0.5, 0.6) is 0 Å². The third-order valence-electron chi connectivity index (χ3n) is 3.78. The summed E-state index contributed by atoms with van der Waals surface area (Å²) < 4.78 is 23.6. The van der Waals surface area contributed by atoms with Crippen LogP contribution < -0.4 is 5.32 Å². The Labute approximate surface area is 151 Å². The van der Waals surface area contributed by atoms with Crippen molar-refractivity contribution in [3.8, 4) is 22.6 Å². The Morgan fingerprint density at radius 2 is 1.65 bits per heavy atom. The Bertz CT molecular complexity index is 840. The molecule has 0 fully saturated rings. The standard InChI is InChI=1S/C19H19FN4O2/c1-25-18(26-2)12-22-17-11-16(13-3-5-15(20)6-4-13)23-19(24-17)14-7-9-21-10-8-14/h3-11,18H,12H2,1-2H3,(H,22,23,24). The number of rotatable bonds is 7. The minimum atomic E-state index is -0.399. The first-order chi connectivity index (χ1) is 12.7. The Balaban J connectivity index is 1.97. The van der Waals surface area contributed by atoms with Crippen LogP contribution in [0.4, 0.5) is 10.2 Å². The number of benzene rings is 1. The van der Waals surface area contributed by atoms with Crippen LogP contribution in [0.1, 0.15) is 0 Å². The molecular formula is C19H19FN4O2. The maximum Gasteiger partial charge on any atom is 0.173 e. The van der Waals surface area contributed by atoms with Crippen LogP contribution in [0.2, 0.25) is 0 Å². The molecule has 0 aliphatic rings. The summed E-state index contributed by atoms with van der Waals surface area (Å²) in [5.74, 6) is 0.867. The average molecular weight is 354 g/mol. The Morgan fingerprint density at radius 3 is 2.31 bits per heavy atom. The zero-order valence-electron chi connectivity index (χ0n) is 14.5. The molecule has 0 atom stereocenters. The van der Waals surface area contributed by atoms with Crippen LogP contribution in [0, 0.1) is 5.82 Å². The highest BCUT2D eigenvalue weighted by molar-refractivity contribution is 5.67. The molecule has 0 aliphatic heterocycles. The number of nitrogens with zero attached hydrogens (tertiary/aromatic N) is 3. The van der Waals surface area contributed by atoms with E-state index in [2.05, 4.69) is 20.3 Å². The van der Waals surface area contributed by atoms with Gasteiger partial charge in [-0.2, -0.15) is 0 Å². The number of aromatic nitrogens is 3. The Morgan fingerprint density at radius 1 is 0.962 bits per heavy atom. The lowest BCUT2D eigenvalue weighted by atomic mass is 10.1. The molecule has 26 heavy (non-hydrogen) atoms. The molecule has 0 unspecified atom stereocenters. The predicted octanol–water partition coefficient (Wildman–Crippen LogP) is 3.38. The summed E-state index contributed by atoms with van der Waals surface area (Å²) in [4.78, 5) is 13.2. The van der Waals surface area contributed by atoms with Gasteiger partial charge < -0.3 is 14.8 Å². The van der Waals surface area contributed by atoms with E-state index in [-0.39, 0.29) is 5.82 Å². The summed E-state index contributed by atoms with van der Waals surface area (Å²) in [7, 11) is 3.14. The lowest BCUT2D eigenvalue weighted by molar-refractivity contribution is -0.0914. The highest BCUT2D eigenvalue weighted by Crippen LogP contribution is 2.24. The highest BCUT2D eigenvalue weighted by atomic mass is 19.1. The molecule has 0 bridgehead atoms. The third-order valence-corrected chi connectivity index (χ3v) is 3.78. The lowest BCUT2D eigenvalue weighted by Crippen LogP contribution is -2.24. The number of ether oxygens (including phenoxy) is 2. The largest absolute Gasteiger partial charge is 0.365 e. The van der Waals surface area contributed by atoms with E-state index in [4.69, 9.17) is 9.47 Å². The molecule has 0 amide bonds. The van der Waals surface area contributed by atoms with Crippen LogP contribution in [0.15, 0.2) is 54.9 Å². The van der Waals surface area contributed by atoms with Gasteiger partial charge in [0, 0.05) is 43.8 Å². The lowest BCUT2D eigenvalue weighted by Gasteiger charge is -2.15. The first kappa shape index (κ1) is 17.9. The maximum atomic E-state index is 13.2. The molecule has 3 aromatic rings. The first-order valence-electron chi connectivity index (χ1n) is 8.04. The molecule has 2 aromatic heterocycles. The first-order valence-corrected chi connectivity index (χ1v) is 8.04. The van der Waals surface area contributed by atoms with E-state index in [0.717, 1.165) is 11.1 Å². The minimum Gasteiger partial charge on any atom is -0.365 e. The zero-order chi connectivity index (χ0) is 18.4. The van der Waals surface area contributed by atoms with Crippen molar-refractivity contribution in [2.75, 3.05) is 26.1 Å². The molecule has 0 saturated heterocycles. The van der Waals surface area contributed by atoms with Crippen LogP contribution in [0.3, 0.4) is 0 Å². The molecule has 6 nitrogen and oxygen atoms in total. The number of halogens is 1.